The SMILES string of the molecule is O=C(O)c1cc(-c2ccc(N3C(=O)C4CC(Br)C(Br)CC4C3=O)cc2)nc2ccc(Br)cc12. The maximum absolute atomic E-state index is 13.0. The summed E-state index contributed by atoms with van der Waals surface area (Å²) in [5.74, 6) is -1.98. The number of imide groups is 1. The second-order valence-electron chi connectivity index (χ2n) is 8.30. The van der Waals surface area contributed by atoms with Crippen molar-refractivity contribution in [2.24, 2.45) is 11.8 Å². The topological polar surface area (TPSA) is 87.6 Å². The molecule has 0 radical (unpaired) electrons. The van der Waals surface area contributed by atoms with E-state index in [1.165, 1.54) is 4.90 Å². The number of hydrogen-bond acceptors (Lipinski definition) is 4. The third-order valence-corrected chi connectivity index (χ3v) is 9.56. The molecule has 1 aromatic heterocycles. The number of halogens is 3. The Hall–Kier alpha value is -2.10. The number of carboxylic acid groups (broad SMARTS) is 1. The van der Waals surface area contributed by atoms with Gasteiger partial charge in [-0.1, -0.05) is 59.9 Å². The fraction of sp³-hybridized carbons (Fsp3) is 0.250. The third-order valence-electron chi connectivity index (χ3n) is 6.33. The van der Waals surface area contributed by atoms with E-state index in [2.05, 4.69) is 52.8 Å². The van der Waals surface area contributed by atoms with Crippen LogP contribution in [0.5, 0.6) is 0 Å². The van der Waals surface area contributed by atoms with Gasteiger partial charge in [0.15, 0.2) is 0 Å². The Balaban J connectivity index is 1.49. The maximum Gasteiger partial charge on any atom is 0.336 e. The van der Waals surface area contributed by atoms with Gasteiger partial charge in [0, 0.05) is 25.1 Å². The first kappa shape index (κ1) is 22.7. The molecule has 0 bridgehead atoms. The summed E-state index contributed by atoms with van der Waals surface area (Å²) in [7, 11) is 0. The molecule has 2 amide bonds. The molecule has 1 saturated heterocycles. The zero-order chi connectivity index (χ0) is 23.4. The monoisotopic (exact) mass is 634 g/mol. The molecule has 3 aromatic rings. The highest BCUT2D eigenvalue weighted by molar-refractivity contribution is 9.12. The molecule has 1 N–H and O–H groups in total. The zero-order valence-corrected chi connectivity index (χ0v) is 21.8. The van der Waals surface area contributed by atoms with E-state index < -0.39 is 5.97 Å². The molecular formula is C24H17Br3N2O4. The molecule has 1 aliphatic carbocycles. The summed E-state index contributed by atoms with van der Waals surface area (Å²) in [4.78, 5) is 44.1. The van der Waals surface area contributed by atoms with E-state index in [4.69, 9.17) is 0 Å². The minimum absolute atomic E-state index is 0.154. The van der Waals surface area contributed by atoms with Crippen LogP contribution >= 0.6 is 47.8 Å². The predicted octanol–water partition coefficient (Wildman–Crippen LogP) is 5.79. The van der Waals surface area contributed by atoms with Crippen molar-refractivity contribution >= 4 is 82.2 Å². The number of nitrogens with zero attached hydrogens (tertiary/aromatic N) is 2. The van der Waals surface area contributed by atoms with Gasteiger partial charge in [-0.15, -0.1) is 0 Å². The van der Waals surface area contributed by atoms with E-state index >= 15 is 0 Å². The van der Waals surface area contributed by atoms with Crippen molar-refractivity contribution in [3.05, 3.63) is 58.6 Å². The summed E-state index contributed by atoms with van der Waals surface area (Å²) < 4.78 is 0.773. The Morgan fingerprint density at radius 3 is 2.12 bits per heavy atom. The van der Waals surface area contributed by atoms with Crippen LogP contribution < -0.4 is 4.90 Å². The number of carboxylic acids is 1. The Bertz CT molecular complexity index is 1280. The largest absolute Gasteiger partial charge is 0.478 e. The van der Waals surface area contributed by atoms with E-state index in [0.29, 0.717) is 40.7 Å². The minimum atomic E-state index is -1.04. The molecule has 1 aliphatic heterocycles. The van der Waals surface area contributed by atoms with Gasteiger partial charge < -0.3 is 5.11 Å². The molecule has 33 heavy (non-hydrogen) atoms. The molecule has 6 nitrogen and oxygen atoms in total. The highest BCUT2D eigenvalue weighted by Crippen LogP contribution is 2.44. The lowest BCUT2D eigenvalue weighted by Gasteiger charge is -2.29. The summed E-state index contributed by atoms with van der Waals surface area (Å²) in [5.41, 5.74) is 2.45. The minimum Gasteiger partial charge on any atom is -0.478 e. The number of rotatable bonds is 3. The van der Waals surface area contributed by atoms with E-state index in [-0.39, 0.29) is 38.9 Å². The van der Waals surface area contributed by atoms with E-state index in [1.807, 2.05) is 6.07 Å². The van der Waals surface area contributed by atoms with Crippen LogP contribution in [0.2, 0.25) is 0 Å². The number of fused-ring (bicyclic) bond motifs is 2. The van der Waals surface area contributed by atoms with Crippen molar-refractivity contribution < 1.29 is 19.5 Å². The first-order chi connectivity index (χ1) is 15.7. The normalized spacial score (nSPS) is 24.9. The second kappa shape index (κ2) is 8.60. The number of carbonyl (C=O) groups excluding carboxylic acids is 2. The third kappa shape index (κ3) is 3.94. The van der Waals surface area contributed by atoms with Gasteiger partial charge in [-0.25, -0.2) is 9.78 Å². The summed E-state index contributed by atoms with van der Waals surface area (Å²) in [6.45, 7) is 0. The van der Waals surface area contributed by atoms with Gasteiger partial charge >= 0.3 is 5.97 Å². The number of aromatic carboxylic acids is 1. The number of hydrogen-bond donors (Lipinski definition) is 1. The smallest absolute Gasteiger partial charge is 0.336 e. The van der Waals surface area contributed by atoms with Gasteiger partial charge in [0.1, 0.15) is 0 Å². The number of alkyl halides is 2. The van der Waals surface area contributed by atoms with E-state index in [9.17, 15) is 19.5 Å². The highest BCUT2D eigenvalue weighted by Gasteiger charge is 2.52. The number of benzene rings is 2. The number of amides is 2. The molecule has 4 atom stereocenters. The maximum atomic E-state index is 13.0. The second-order valence-corrected chi connectivity index (χ2v) is 11.6. The fourth-order valence-corrected chi connectivity index (χ4v) is 6.25. The quantitative estimate of drug-likeness (QED) is 0.291. The molecule has 2 aromatic carbocycles. The number of pyridine rings is 1. The lowest BCUT2D eigenvalue weighted by Crippen LogP contribution is -2.34. The average molecular weight is 637 g/mol. The molecule has 2 fully saturated rings. The average Bonchev–Trinajstić information content (AvgIpc) is 3.02. The van der Waals surface area contributed by atoms with Crippen LogP contribution in [-0.4, -0.2) is 37.5 Å². The van der Waals surface area contributed by atoms with Crippen molar-refractivity contribution in [3.63, 3.8) is 0 Å². The van der Waals surface area contributed by atoms with Crippen LogP contribution in [0, 0.1) is 11.8 Å². The Morgan fingerprint density at radius 1 is 0.939 bits per heavy atom. The zero-order valence-electron chi connectivity index (χ0n) is 17.0. The Labute approximate surface area is 214 Å². The van der Waals surface area contributed by atoms with Gasteiger partial charge in [-0.2, -0.15) is 0 Å². The molecule has 168 valence electrons. The van der Waals surface area contributed by atoms with Crippen molar-refractivity contribution in [1.82, 2.24) is 4.98 Å². The van der Waals surface area contributed by atoms with E-state index in [1.54, 1.807) is 42.5 Å². The molecule has 4 unspecified atom stereocenters. The summed E-state index contributed by atoms with van der Waals surface area (Å²) >= 11 is 10.6. The predicted molar refractivity (Wildman–Crippen MR) is 136 cm³/mol. The Morgan fingerprint density at radius 2 is 1.55 bits per heavy atom. The van der Waals surface area contributed by atoms with E-state index in [0.717, 1.165) is 4.47 Å². The van der Waals surface area contributed by atoms with Gasteiger partial charge in [0.25, 0.3) is 0 Å². The fourth-order valence-electron chi connectivity index (χ4n) is 4.65. The molecule has 1 saturated carbocycles. The van der Waals surface area contributed by atoms with Crippen molar-refractivity contribution in [3.8, 4) is 11.3 Å². The van der Waals surface area contributed by atoms with Crippen LogP contribution in [-0.2, 0) is 9.59 Å². The number of aromatic nitrogens is 1. The van der Waals surface area contributed by atoms with Gasteiger partial charge in [-0.05, 0) is 49.2 Å². The summed E-state index contributed by atoms with van der Waals surface area (Å²) in [6.07, 6.45) is 1.24. The van der Waals surface area contributed by atoms with Crippen LogP contribution in [0.25, 0.3) is 22.2 Å². The first-order valence-electron chi connectivity index (χ1n) is 10.3. The standard InChI is InChI=1S/C24H17Br3N2O4/c25-12-3-6-20-14(7-12)17(24(32)33)10-21(28-20)11-1-4-13(5-2-11)29-22(30)15-8-18(26)19(27)9-16(15)23(29)31/h1-7,10,15-16,18-19H,8-9H2,(H,32,33). The lowest BCUT2D eigenvalue weighted by molar-refractivity contribution is -0.122. The molecular weight excluding hydrogens is 620 g/mol. The van der Waals surface area contributed by atoms with Crippen molar-refractivity contribution in [2.45, 2.75) is 22.5 Å². The lowest BCUT2D eigenvalue weighted by atomic mass is 9.81. The number of anilines is 1. The number of carbonyl (C=O) groups is 3. The molecule has 5 rings (SSSR count). The van der Waals surface area contributed by atoms with Crippen LogP contribution in [0.4, 0.5) is 5.69 Å². The van der Waals surface area contributed by atoms with Gasteiger partial charge in [0.05, 0.1) is 34.3 Å². The van der Waals surface area contributed by atoms with Crippen LogP contribution in [0.3, 0.4) is 0 Å². The van der Waals surface area contributed by atoms with Crippen LogP contribution in [0.1, 0.15) is 23.2 Å². The van der Waals surface area contributed by atoms with Crippen LogP contribution in [0.15, 0.2) is 53.0 Å². The summed E-state index contributed by atoms with van der Waals surface area (Å²) in [5, 5.41) is 10.2. The first-order valence-corrected chi connectivity index (χ1v) is 13.0. The molecule has 9 heteroatoms. The Kier molecular flexibility index (Phi) is 5.91. The highest BCUT2D eigenvalue weighted by atomic mass is 79.9. The summed E-state index contributed by atoms with van der Waals surface area (Å²) in [6, 6.07) is 13.8. The van der Waals surface area contributed by atoms with Gasteiger partial charge in [0.2, 0.25) is 11.8 Å². The van der Waals surface area contributed by atoms with Gasteiger partial charge in [-0.3, -0.25) is 14.5 Å². The molecule has 2 heterocycles. The van der Waals surface area contributed by atoms with Crippen molar-refractivity contribution in [2.75, 3.05) is 4.90 Å². The van der Waals surface area contributed by atoms with Crippen molar-refractivity contribution in [1.29, 1.82) is 0 Å². The molecule has 2 aliphatic rings. The molecule has 0 spiro atoms.